The Morgan fingerprint density at radius 3 is 0.525 bits per heavy atom. The van der Waals surface area contributed by atoms with Gasteiger partial charge < -0.3 is 9.47 Å². The molecule has 0 aromatic rings. The van der Waals surface area contributed by atoms with Gasteiger partial charge in [0.2, 0.25) is 0 Å². The highest BCUT2D eigenvalue weighted by Crippen LogP contribution is 2.16. The number of hydrogen-bond donors (Lipinski definition) is 0. The number of ether oxygens (including phenoxy) is 2. The summed E-state index contributed by atoms with van der Waals surface area (Å²) in [6.45, 7) is 39.5. The molecule has 2 unspecified atom stereocenters. The zero-order valence-electron chi connectivity index (χ0n) is 28.4. The van der Waals surface area contributed by atoms with Crippen LogP contribution in [0.25, 0.3) is 0 Å². The van der Waals surface area contributed by atoms with Crippen molar-refractivity contribution >= 4 is 0 Å². The van der Waals surface area contributed by atoms with Crippen LogP contribution in [-0.2, 0) is 9.47 Å². The molecule has 0 bridgehead atoms. The highest BCUT2D eigenvalue weighted by Gasteiger charge is 2.03. The van der Waals surface area contributed by atoms with Crippen LogP contribution in [0, 0.1) is 22.7 Å². The van der Waals surface area contributed by atoms with Gasteiger partial charge in [0.1, 0.15) is 0 Å². The zero-order valence-corrected chi connectivity index (χ0v) is 28.4. The van der Waals surface area contributed by atoms with Gasteiger partial charge in [-0.25, -0.2) is 0 Å². The molecule has 0 fully saturated rings. The lowest BCUT2D eigenvalue weighted by Crippen LogP contribution is -2.00. The van der Waals surface area contributed by atoms with Crippen molar-refractivity contribution in [3.63, 3.8) is 0 Å². The van der Waals surface area contributed by atoms with E-state index in [0.29, 0.717) is 23.0 Å². The number of methoxy groups -OCH3 is 2. The van der Waals surface area contributed by atoms with Crippen LogP contribution in [0.2, 0.25) is 0 Å². The predicted molar refractivity (Wildman–Crippen MR) is 204 cm³/mol. The number of hydrogen-bond acceptors (Lipinski definition) is 2. The summed E-state index contributed by atoms with van der Waals surface area (Å²) in [6.07, 6.45) is 8.24. The van der Waals surface area contributed by atoms with Crippen molar-refractivity contribution in [3.05, 3.63) is 0 Å². The van der Waals surface area contributed by atoms with Crippen LogP contribution in [0.15, 0.2) is 0 Å². The minimum atomic E-state index is 0. The fraction of sp³-hybridized carbons (Fsp3) is 1.00. The highest BCUT2D eigenvalue weighted by atomic mass is 16.5. The topological polar surface area (TPSA) is 18.5 Å². The fourth-order valence-corrected chi connectivity index (χ4v) is 0.333. The summed E-state index contributed by atoms with van der Waals surface area (Å²) in [5.41, 5.74) is 1.08. The van der Waals surface area contributed by atoms with E-state index in [-0.39, 0.29) is 44.6 Å². The van der Waals surface area contributed by atoms with E-state index < -0.39 is 0 Å². The minimum absolute atomic E-state index is 0. The molecule has 0 rings (SSSR count). The van der Waals surface area contributed by atoms with Gasteiger partial charge in [0.15, 0.2) is 0 Å². The van der Waals surface area contributed by atoms with Gasteiger partial charge >= 0.3 is 0 Å². The second-order valence-corrected chi connectivity index (χ2v) is 12.3. The Bertz CT molecular complexity index is 268. The second-order valence-electron chi connectivity index (χ2n) is 12.3. The Kier molecular flexibility index (Phi) is 107. The molecule has 40 heavy (non-hydrogen) atoms. The molecule has 0 radical (unpaired) electrons. The lowest BCUT2D eigenvalue weighted by Gasteiger charge is -2.12. The standard InChI is InChI=1S/2C6H14.2C5H12O.2C5H12.6CH4/c2*1-5-6(2,3)4;2*1-4-5(2)6-3;2*1-4-5(2)3;;;;;;/h2*5H2,1-4H3;2*5H,4H2,1-3H3;2*5H,4H2,1-3H3;6*1H4. The molecule has 2 heteroatoms. The zero-order chi connectivity index (χ0) is 29.0. The van der Waals surface area contributed by atoms with Gasteiger partial charge in [-0.3, -0.25) is 0 Å². The maximum atomic E-state index is 4.90. The van der Waals surface area contributed by atoms with E-state index in [1.54, 1.807) is 14.2 Å². The van der Waals surface area contributed by atoms with Crippen LogP contribution in [0.1, 0.15) is 208 Å². The minimum Gasteiger partial charge on any atom is -0.382 e. The Labute approximate surface area is 266 Å². The van der Waals surface area contributed by atoms with E-state index in [1.165, 1.54) is 25.7 Å². The van der Waals surface area contributed by atoms with Crippen molar-refractivity contribution in [2.45, 2.75) is 220 Å². The summed E-state index contributed by atoms with van der Waals surface area (Å²) >= 11 is 0. The Morgan fingerprint density at radius 2 is 0.525 bits per heavy atom. The summed E-state index contributed by atoms with van der Waals surface area (Å²) in [7, 11) is 3.46. The van der Waals surface area contributed by atoms with Gasteiger partial charge in [-0.2, -0.15) is 0 Å². The Morgan fingerprint density at radius 1 is 0.400 bits per heavy atom. The molecule has 0 aromatic heterocycles. The van der Waals surface area contributed by atoms with Gasteiger partial charge in [-0.05, 0) is 49.4 Å². The van der Waals surface area contributed by atoms with Crippen LogP contribution in [0.5, 0.6) is 0 Å². The van der Waals surface area contributed by atoms with Crippen LogP contribution in [0.3, 0.4) is 0 Å². The number of rotatable bonds is 6. The van der Waals surface area contributed by atoms with Gasteiger partial charge in [-0.15, -0.1) is 0 Å². The molecule has 0 amide bonds. The molecule has 2 nitrogen and oxygen atoms in total. The van der Waals surface area contributed by atoms with E-state index in [0.717, 1.165) is 24.7 Å². The lowest BCUT2D eigenvalue weighted by molar-refractivity contribution is 0.115. The fourth-order valence-electron chi connectivity index (χ4n) is 0.333. The van der Waals surface area contributed by atoms with E-state index >= 15 is 0 Å². The van der Waals surface area contributed by atoms with Crippen LogP contribution in [-0.4, -0.2) is 26.4 Å². The van der Waals surface area contributed by atoms with Crippen molar-refractivity contribution in [2.75, 3.05) is 14.2 Å². The van der Waals surface area contributed by atoms with Crippen LogP contribution in [0.4, 0.5) is 0 Å². The highest BCUT2D eigenvalue weighted by molar-refractivity contribution is 4.55. The van der Waals surface area contributed by atoms with Crippen LogP contribution < -0.4 is 0 Å². The summed E-state index contributed by atoms with van der Waals surface area (Å²) in [5, 5.41) is 0. The van der Waals surface area contributed by atoms with E-state index in [9.17, 15) is 0 Å². The molecule has 0 heterocycles. The first-order valence-corrected chi connectivity index (χ1v) is 14.3. The molecule has 264 valence electrons. The second kappa shape index (κ2) is 54.9. The summed E-state index contributed by atoms with van der Waals surface area (Å²) in [4.78, 5) is 0. The third kappa shape index (κ3) is 161. The molecule has 2 atom stereocenters. The smallest absolute Gasteiger partial charge is 0.0540 e. The molecule has 0 aliphatic carbocycles. The maximum Gasteiger partial charge on any atom is 0.0540 e. The summed E-state index contributed by atoms with van der Waals surface area (Å²) in [6, 6.07) is 0. The first kappa shape index (κ1) is 77.6. The van der Waals surface area contributed by atoms with Gasteiger partial charge in [0.25, 0.3) is 0 Å². The predicted octanol–water partition coefficient (Wildman–Crippen LogP) is 15.7. The molecule has 0 spiro atoms. The van der Waals surface area contributed by atoms with Gasteiger partial charge in [0, 0.05) is 14.2 Å². The maximum absolute atomic E-state index is 4.90. The summed E-state index contributed by atoms with van der Waals surface area (Å²) in [5.74, 6) is 1.77. The Balaban J connectivity index is -0.0000000229. The van der Waals surface area contributed by atoms with E-state index in [1.807, 2.05) is 0 Å². The SMILES string of the molecule is C.C.C.C.C.C.CCC(C)(C)C.CCC(C)(C)C.CCC(C)C.CCC(C)C.CCC(C)OC.CCC(C)OC. The molecule has 0 aromatic carbocycles. The quantitative estimate of drug-likeness (QED) is 0.307. The Hall–Kier alpha value is -0.0800. The average molecular weight is 589 g/mol. The molecule has 0 aliphatic rings. The lowest BCUT2D eigenvalue weighted by atomic mass is 9.94. The third-order valence-corrected chi connectivity index (χ3v) is 5.71. The van der Waals surface area contributed by atoms with Crippen molar-refractivity contribution in [1.82, 2.24) is 0 Å². The molecule has 0 aliphatic heterocycles. The molecule has 0 saturated heterocycles. The summed E-state index contributed by atoms with van der Waals surface area (Å²) < 4.78 is 9.80. The van der Waals surface area contributed by atoms with Crippen molar-refractivity contribution in [3.8, 4) is 0 Å². The molecular weight excluding hydrogens is 488 g/mol. The van der Waals surface area contributed by atoms with Crippen LogP contribution >= 0.6 is 0 Å². The normalized spacial score (nSPS) is 10.3. The van der Waals surface area contributed by atoms with Crippen molar-refractivity contribution in [1.29, 1.82) is 0 Å². The average Bonchev–Trinajstić information content (AvgIpc) is 2.78. The van der Waals surface area contributed by atoms with E-state index in [4.69, 9.17) is 9.47 Å². The largest absolute Gasteiger partial charge is 0.382 e. The van der Waals surface area contributed by atoms with Gasteiger partial charge in [0.05, 0.1) is 12.2 Å². The van der Waals surface area contributed by atoms with E-state index in [2.05, 4.69) is 125 Å². The first-order chi connectivity index (χ1) is 15.3. The molecular formula is C38H100O2. The molecule has 0 saturated carbocycles. The first-order valence-electron chi connectivity index (χ1n) is 14.3. The molecule has 0 N–H and O–H groups in total. The monoisotopic (exact) mass is 589 g/mol. The third-order valence-electron chi connectivity index (χ3n) is 5.71. The van der Waals surface area contributed by atoms with Gasteiger partial charge in [-0.1, -0.05) is 181 Å². The van der Waals surface area contributed by atoms with Crippen molar-refractivity contribution < 1.29 is 9.47 Å². The van der Waals surface area contributed by atoms with Crippen molar-refractivity contribution in [2.24, 2.45) is 22.7 Å².